The zero-order chi connectivity index (χ0) is 24.1. The van der Waals surface area contributed by atoms with Gasteiger partial charge in [0.15, 0.2) is 6.10 Å². The van der Waals surface area contributed by atoms with Crippen LogP contribution in [0.25, 0.3) is 0 Å². The van der Waals surface area contributed by atoms with Crippen molar-refractivity contribution in [3.63, 3.8) is 0 Å². The van der Waals surface area contributed by atoms with E-state index in [9.17, 15) is 57.1 Å². The van der Waals surface area contributed by atoms with Crippen LogP contribution in [0.5, 0.6) is 0 Å². The second-order valence-electron chi connectivity index (χ2n) is 6.71. The maximum Gasteiger partial charge on any atom is 0.458 e. The highest BCUT2D eigenvalue weighted by Gasteiger charge is 2.90. The van der Waals surface area contributed by atoms with Crippen LogP contribution in [0.3, 0.4) is 0 Å². The molecule has 1 aliphatic carbocycles. The predicted octanol–water partition coefficient (Wildman–Crippen LogP) is 5.32. The number of alkyl halides is 13. The Balaban J connectivity index is 0.000000149. The minimum atomic E-state index is -5.66. The summed E-state index contributed by atoms with van der Waals surface area (Å²) >= 11 is 0. The van der Waals surface area contributed by atoms with Crippen molar-refractivity contribution in [3.05, 3.63) is 0 Å². The van der Waals surface area contributed by atoms with Crippen LogP contribution in [0.2, 0.25) is 0 Å². The lowest BCUT2D eigenvalue weighted by Gasteiger charge is -2.04. The summed E-state index contributed by atoms with van der Waals surface area (Å²) in [7, 11) is 0. The molecule has 4 saturated heterocycles. The van der Waals surface area contributed by atoms with Gasteiger partial charge in [-0.3, -0.25) is 4.74 Å². The highest BCUT2D eigenvalue weighted by atomic mass is 19.4. The third kappa shape index (κ3) is 6.71. The van der Waals surface area contributed by atoms with Crippen molar-refractivity contribution < 1.29 is 76.0 Å². The second-order valence-corrected chi connectivity index (χ2v) is 6.71. The summed E-state index contributed by atoms with van der Waals surface area (Å²) in [5, 5.41) is 0. The summed E-state index contributed by atoms with van der Waals surface area (Å²) in [5.41, 5.74) is 0. The lowest BCUT2D eigenvalue weighted by Crippen LogP contribution is -2.32. The Morgan fingerprint density at radius 2 is 1.00 bits per heavy atom. The topological polar surface area (TPSA) is 50.1 Å². The Morgan fingerprint density at radius 3 is 1.10 bits per heavy atom. The van der Waals surface area contributed by atoms with Crippen molar-refractivity contribution in [2.75, 3.05) is 6.61 Å². The fourth-order valence-corrected chi connectivity index (χ4v) is 2.12. The summed E-state index contributed by atoms with van der Waals surface area (Å²) in [6, 6.07) is 0. The molecule has 0 aromatic carbocycles. The SMILES string of the molecule is C1CCC2OC2C1.FC(F)(F)C1(F)OC1(F)F.FC(F)(F)C1CO1.FC1(F)OC1(F)F. The largest absolute Gasteiger partial charge is 0.458 e. The van der Waals surface area contributed by atoms with Crippen LogP contribution >= 0.6 is 0 Å². The highest BCUT2D eigenvalue weighted by molar-refractivity contribution is 4.99. The first kappa shape index (κ1) is 26.2. The molecule has 0 N–H and O–H groups in total. The number of hydrogen-bond donors (Lipinski definition) is 0. The first-order valence-corrected chi connectivity index (χ1v) is 8.37. The first-order chi connectivity index (χ1) is 13.7. The van der Waals surface area contributed by atoms with Crippen LogP contribution in [0.15, 0.2) is 0 Å². The van der Waals surface area contributed by atoms with Crippen LogP contribution in [0.4, 0.5) is 57.1 Å². The first-order valence-electron chi connectivity index (χ1n) is 8.37. The Hall–Kier alpha value is -1.07. The zero-order valence-corrected chi connectivity index (χ0v) is 14.8. The molecule has 0 spiro atoms. The van der Waals surface area contributed by atoms with Crippen molar-refractivity contribution in [1.82, 2.24) is 0 Å². The van der Waals surface area contributed by atoms with Gasteiger partial charge in [-0.15, -0.1) is 0 Å². The van der Waals surface area contributed by atoms with Crippen LogP contribution in [-0.2, 0) is 18.9 Å². The summed E-state index contributed by atoms with van der Waals surface area (Å²) < 4.78 is 159. The van der Waals surface area contributed by atoms with Gasteiger partial charge in [-0.2, -0.15) is 57.1 Å². The van der Waals surface area contributed by atoms with E-state index in [1.54, 1.807) is 0 Å². The number of ether oxygens (including phenoxy) is 4. The molecule has 5 aliphatic rings. The second kappa shape index (κ2) is 8.06. The van der Waals surface area contributed by atoms with Gasteiger partial charge in [-0.05, 0) is 12.8 Å². The van der Waals surface area contributed by atoms with Gasteiger partial charge in [-0.25, -0.2) is 4.74 Å². The maximum atomic E-state index is 11.7. The number of halogens is 13. The van der Waals surface area contributed by atoms with E-state index < -0.39 is 42.6 Å². The molecule has 4 nitrogen and oxygen atoms in total. The smallest absolute Gasteiger partial charge is 0.370 e. The molecule has 4 atom stereocenters. The van der Waals surface area contributed by atoms with E-state index in [1.165, 1.54) is 25.7 Å². The highest BCUT2D eigenvalue weighted by Crippen LogP contribution is 2.60. The van der Waals surface area contributed by atoms with Gasteiger partial charge in [0.1, 0.15) is 0 Å². The Bertz CT molecular complexity index is 604. The van der Waals surface area contributed by atoms with Crippen molar-refractivity contribution in [2.24, 2.45) is 0 Å². The maximum absolute atomic E-state index is 11.7. The quantitative estimate of drug-likeness (QED) is 0.340. The number of hydrogen-bond acceptors (Lipinski definition) is 4. The molecule has 4 unspecified atom stereocenters. The van der Waals surface area contributed by atoms with Crippen molar-refractivity contribution in [1.29, 1.82) is 0 Å². The molecule has 4 aliphatic heterocycles. The van der Waals surface area contributed by atoms with E-state index in [1.807, 2.05) is 0 Å². The van der Waals surface area contributed by atoms with Crippen LogP contribution in [0, 0.1) is 0 Å². The van der Waals surface area contributed by atoms with Gasteiger partial charge in [0.2, 0.25) is 0 Å². The molecule has 0 amide bonds. The van der Waals surface area contributed by atoms with E-state index in [0.29, 0.717) is 12.2 Å². The van der Waals surface area contributed by atoms with Gasteiger partial charge in [0.25, 0.3) is 0 Å². The van der Waals surface area contributed by atoms with Crippen LogP contribution < -0.4 is 0 Å². The van der Waals surface area contributed by atoms with E-state index in [4.69, 9.17) is 4.74 Å². The molecule has 17 heteroatoms. The molecule has 0 aromatic heterocycles. The molecule has 5 fully saturated rings. The average Bonchev–Trinajstić information content (AvgIpc) is 3.42. The number of rotatable bonds is 0. The number of epoxide rings is 4. The van der Waals surface area contributed by atoms with Crippen molar-refractivity contribution >= 4 is 0 Å². The molecule has 0 radical (unpaired) electrons. The molecule has 31 heavy (non-hydrogen) atoms. The Labute approximate surface area is 164 Å². The van der Waals surface area contributed by atoms with E-state index in [0.717, 1.165) is 0 Å². The third-order valence-electron chi connectivity index (χ3n) is 4.13. The molecule has 0 aromatic rings. The zero-order valence-electron chi connectivity index (χ0n) is 14.8. The number of fused-ring (bicyclic) bond motifs is 1. The van der Waals surface area contributed by atoms with Gasteiger partial charge in [-0.1, -0.05) is 12.8 Å². The average molecular weight is 492 g/mol. The van der Waals surface area contributed by atoms with Crippen molar-refractivity contribution in [3.8, 4) is 0 Å². The Kier molecular flexibility index (Phi) is 6.80. The fraction of sp³-hybridized carbons (Fsp3) is 1.00. The molecule has 184 valence electrons. The van der Waals surface area contributed by atoms with Gasteiger partial charge >= 0.3 is 36.5 Å². The summed E-state index contributed by atoms with van der Waals surface area (Å²) in [6.45, 7) is -0.149. The lowest BCUT2D eigenvalue weighted by atomic mass is 10.0. The summed E-state index contributed by atoms with van der Waals surface area (Å²) in [5.74, 6) is -4.75. The molecular weight excluding hydrogens is 479 g/mol. The molecule has 0 bridgehead atoms. The van der Waals surface area contributed by atoms with Gasteiger partial charge in [0, 0.05) is 0 Å². The minimum Gasteiger partial charge on any atom is -0.370 e. The molecular formula is C14H13F13O4. The van der Waals surface area contributed by atoms with Gasteiger partial charge < -0.3 is 9.47 Å². The minimum absolute atomic E-state index is 0.149. The van der Waals surface area contributed by atoms with Crippen LogP contribution in [-0.4, -0.2) is 61.5 Å². The monoisotopic (exact) mass is 492 g/mol. The van der Waals surface area contributed by atoms with Crippen molar-refractivity contribution in [2.45, 2.75) is 80.5 Å². The predicted molar refractivity (Wildman–Crippen MR) is 69.8 cm³/mol. The summed E-state index contributed by atoms with van der Waals surface area (Å²) in [4.78, 5) is 0. The fourth-order valence-electron chi connectivity index (χ4n) is 2.12. The molecule has 1 saturated carbocycles. The summed E-state index contributed by atoms with van der Waals surface area (Å²) in [6.07, 6.45) is -17.4. The lowest BCUT2D eigenvalue weighted by molar-refractivity contribution is -0.231. The van der Waals surface area contributed by atoms with E-state index >= 15 is 0 Å². The normalized spacial score (nSPS) is 37.3. The van der Waals surface area contributed by atoms with Crippen LogP contribution in [0.1, 0.15) is 25.7 Å². The molecule has 4 heterocycles. The third-order valence-corrected chi connectivity index (χ3v) is 4.13. The van der Waals surface area contributed by atoms with E-state index in [2.05, 4.69) is 14.2 Å². The van der Waals surface area contributed by atoms with Gasteiger partial charge in [0.05, 0.1) is 18.8 Å². The Morgan fingerprint density at radius 1 is 0.645 bits per heavy atom. The standard InChI is InChI=1S/C6H10O.C3F6O.C3H3F3O.C2F4O/c1-2-4-6-5(3-1)7-6;4-1(2(5,6)7)3(8,9)10-1;4-3(5,6)2-1-7-2;3-1(4)2(5,6)7-1/h5-6H,1-4H2;;2H,1H2;. The van der Waals surface area contributed by atoms with E-state index in [-0.39, 0.29) is 6.61 Å². The molecule has 5 rings (SSSR count).